The van der Waals surface area contributed by atoms with Gasteiger partial charge >= 0.3 is 0 Å². The van der Waals surface area contributed by atoms with E-state index < -0.39 is 0 Å². The lowest BCUT2D eigenvalue weighted by molar-refractivity contribution is 0.491. The molecule has 0 amide bonds. The highest BCUT2D eigenvalue weighted by Gasteiger charge is 2.19. The molecule has 1 nitrogen and oxygen atoms in total. The van der Waals surface area contributed by atoms with Gasteiger partial charge in [-0.1, -0.05) is 57.8 Å². The van der Waals surface area contributed by atoms with Gasteiger partial charge in [-0.3, -0.25) is 0 Å². The van der Waals surface area contributed by atoms with Crippen LogP contribution in [0.4, 0.5) is 0 Å². The molecule has 1 rings (SSSR count). The molecule has 0 saturated carbocycles. The van der Waals surface area contributed by atoms with Gasteiger partial charge in [0.1, 0.15) is 0 Å². The van der Waals surface area contributed by atoms with Gasteiger partial charge in [0.2, 0.25) is 0 Å². The summed E-state index contributed by atoms with van der Waals surface area (Å²) in [5, 5.41) is 3.31. The predicted molar refractivity (Wildman–Crippen MR) is 69.0 cm³/mol. The predicted octanol–water partition coefficient (Wildman–Crippen LogP) is 3.67. The van der Waals surface area contributed by atoms with Crippen LogP contribution in [0.1, 0.15) is 19.4 Å². The van der Waals surface area contributed by atoms with E-state index in [4.69, 9.17) is 0 Å². The van der Waals surface area contributed by atoms with Gasteiger partial charge in [0.25, 0.3) is 0 Å². The van der Waals surface area contributed by atoms with Crippen molar-refractivity contribution in [1.29, 1.82) is 0 Å². The Hall–Kier alpha value is 0.140. The minimum absolute atomic E-state index is 0.164. The summed E-state index contributed by atoms with van der Waals surface area (Å²) in [6.45, 7) is 5.45. The molecule has 0 heterocycles. The van der Waals surface area contributed by atoms with Crippen LogP contribution in [0, 0.1) is 0 Å². The Morgan fingerprint density at radius 2 is 2.07 bits per heavy atom. The lowest BCUT2D eigenvalue weighted by Gasteiger charge is -2.25. The summed E-state index contributed by atoms with van der Waals surface area (Å²) in [6, 6.07) is 8.48. The zero-order valence-electron chi connectivity index (χ0n) is 8.48. The SMILES string of the molecule is CC(C)(CNCBr)c1cccc(Br)c1. The molecule has 0 spiro atoms. The minimum atomic E-state index is 0.164. The molecule has 0 aliphatic carbocycles. The van der Waals surface area contributed by atoms with Crippen molar-refractivity contribution in [3.63, 3.8) is 0 Å². The van der Waals surface area contributed by atoms with Crippen molar-refractivity contribution in [2.75, 3.05) is 12.0 Å². The van der Waals surface area contributed by atoms with Crippen molar-refractivity contribution in [2.45, 2.75) is 19.3 Å². The van der Waals surface area contributed by atoms with Gasteiger partial charge in [-0.25, -0.2) is 0 Å². The van der Waals surface area contributed by atoms with Gasteiger partial charge < -0.3 is 5.32 Å². The number of hydrogen-bond acceptors (Lipinski definition) is 1. The normalized spacial score (nSPS) is 11.7. The molecule has 14 heavy (non-hydrogen) atoms. The molecule has 1 aromatic carbocycles. The Bertz CT molecular complexity index is 297. The highest BCUT2D eigenvalue weighted by molar-refractivity contribution is 9.10. The van der Waals surface area contributed by atoms with E-state index in [0.29, 0.717) is 0 Å². The monoisotopic (exact) mass is 319 g/mol. The zero-order valence-corrected chi connectivity index (χ0v) is 11.7. The fourth-order valence-electron chi connectivity index (χ4n) is 1.37. The van der Waals surface area contributed by atoms with Gasteiger partial charge in [-0.05, 0) is 17.7 Å². The number of hydrogen-bond donors (Lipinski definition) is 1. The largest absolute Gasteiger partial charge is 0.306 e. The molecular formula is C11H15Br2N. The van der Waals surface area contributed by atoms with Gasteiger partial charge in [0.05, 0.1) is 5.45 Å². The lowest BCUT2D eigenvalue weighted by Crippen LogP contribution is -2.32. The molecule has 0 saturated heterocycles. The van der Waals surface area contributed by atoms with Crippen LogP contribution in [0.15, 0.2) is 28.7 Å². The van der Waals surface area contributed by atoms with Gasteiger partial charge in [-0.15, -0.1) is 0 Å². The van der Waals surface area contributed by atoms with Crippen molar-refractivity contribution < 1.29 is 0 Å². The van der Waals surface area contributed by atoms with E-state index in [9.17, 15) is 0 Å². The number of nitrogens with one attached hydrogen (secondary N) is 1. The molecule has 0 bridgehead atoms. The minimum Gasteiger partial charge on any atom is -0.306 e. The van der Waals surface area contributed by atoms with Crippen LogP contribution in [0.5, 0.6) is 0 Å². The second-order valence-electron chi connectivity index (χ2n) is 3.95. The number of rotatable bonds is 4. The van der Waals surface area contributed by atoms with Gasteiger partial charge in [-0.2, -0.15) is 0 Å². The first-order valence-electron chi connectivity index (χ1n) is 4.59. The van der Waals surface area contributed by atoms with Crippen molar-refractivity contribution in [3.05, 3.63) is 34.3 Å². The summed E-state index contributed by atoms with van der Waals surface area (Å²) in [5.41, 5.74) is 2.35. The van der Waals surface area contributed by atoms with Crippen LogP contribution in [0.25, 0.3) is 0 Å². The van der Waals surface area contributed by atoms with Crippen molar-refractivity contribution in [1.82, 2.24) is 5.32 Å². The summed E-state index contributed by atoms with van der Waals surface area (Å²) in [7, 11) is 0. The first-order chi connectivity index (χ1) is 6.56. The van der Waals surface area contributed by atoms with E-state index in [1.54, 1.807) is 0 Å². The first kappa shape index (κ1) is 12.2. The van der Waals surface area contributed by atoms with Gasteiger partial charge in [0, 0.05) is 16.4 Å². The van der Waals surface area contributed by atoms with Crippen LogP contribution in [-0.2, 0) is 5.41 Å². The van der Waals surface area contributed by atoms with Crippen LogP contribution in [-0.4, -0.2) is 12.0 Å². The van der Waals surface area contributed by atoms with Crippen molar-refractivity contribution >= 4 is 31.9 Å². The van der Waals surface area contributed by atoms with Crippen molar-refractivity contribution in [3.8, 4) is 0 Å². The Morgan fingerprint density at radius 3 is 2.64 bits per heavy atom. The summed E-state index contributed by atoms with van der Waals surface area (Å²) in [5.74, 6) is 0. The zero-order chi connectivity index (χ0) is 10.6. The summed E-state index contributed by atoms with van der Waals surface area (Å²) < 4.78 is 1.14. The average molecular weight is 321 g/mol. The second kappa shape index (κ2) is 5.29. The van der Waals surface area contributed by atoms with E-state index in [-0.39, 0.29) is 5.41 Å². The van der Waals surface area contributed by atoms with Crippen LogP contribution >= 0.6 is 31.9 Å². The number of alkyl halides is 1. The summed E-state index contributed by atoms with van der Waals surface area (Å²) >= 11 is 6.86. The molecular weight excluding hydrogens is 306 g/mol. The molecule has 1 N–H and O–H groups in total. The highest BCUT2D eigenvalue weighted by Crippen LogP contribution is 2.24. The maximum atomic E-state index is 3.49. The van der Waals surface area contributed by atoms with E-state index in [0.717, 1.165) is 16.5 Å². The Balaban J connectivity index is 2.80. The number of benzene rings is 1. The van der Waals surface area contributed by atoms with Crippen LogP contribution in [0.2, 0.25) is 0 Å². The first-order valence-corrected chi connectivity index (χ1v) is 6.50. The Labute approximate surface area is 103 Å². The molecule has 78 valence electrons. The number of halogens is 2. The lowest BCUT2D eigenvalue weighted by atomic mass is 9.85. The summed E-state index contributed by atoms with van der Waals surface area (Å²) in [6.07, 6.45) is 0. The molecule has 0 aromatic heterocycles. The third-order valence-electron chi connectivity index (χ3n) is 2.27. The van der Waals surface area contributed by atoms with Gasteiger partial charge in [0.15, 0.2) is 0 Å². The third kappa shape index (κ3) is 3.37. The smallest absolute Gasteiger partial charge is 0.0517 e. The maximum absolute atomic E-state index is 3.49. The van der Waals surface area contributed by atoms with E-state index in [1.165, 1.54) is 5.56 Å². The molecule has 0 radical (unpaired) electrons. The van der Waals surface area contributed by atoms with Crippen LogP contribution in [0.3, 0.4) is 0 Å². The average Bonchev–Trinajstić information content (AvgIpc) is 2.15. The molecule has 0 aliphatic heterocycles. The molecule has 3 heteroatoms. The standard InChI is InChI=1S/C11H15Br2N/c1-11(2,7-14-8-12)9-4-3-5-10(13)6-9/h3-6,14H,7-8H2,1-2H3. The summed E-state index contributed by atoms with van der Waals surface area (Å²) in [4.78, 5) is 0. The van der Waals surface area contributed by atoms with E-state index in [2.05, 4.69) is 75.3 Å². The quantitative estimate of drug-likeness (QED) is 0.659. The molecule has 0 fully saturated rings. The van der Waals surface area contributed by atoms with E-state index >= 15 is 0 Å². The molecule has 0 aliphatic rings. The van der Waals surface area contributed by atoms with Crippen molar-refractivity contribution in [2.24, 2.45) is 0 Å². The van der Waals surface area contributed by atoms with Crippen LogP contribution < -0.4 is 5.32 Å². The molecule has 1 aromatic rings. The third-order valence-corrected chi connectivity index (χ3v) is 3.16. The Morgan fingerprint density at radius 1 is 1.36 bits per heavy atom. The molecule has 0 atom stereocenters. The topological polar surface area (TPSA) is 12.0 Å². The Kier molecular flexibility index (Phi) is 4.61. The highest BCUT2D eigenvalue weighted by atomic mass is 79.9. The maximum Gasteiger partial charge on any atom is 0.0517 e. The fraction of sp³-hybridized carbons (Fsp3) is 0.455. The fourth-order valence-corrected chi connectivity index (χ4v) is 1.97. The molecule has 0 unspecified atom stereocenters. The van der Waals surface area contributed by atoms with E-state index in [1.807, 2.05) is 0 Å². The second-order valence-corrected chi connectivity index (χ2v) is 5.43.